The lowest BCUT2D eigenvalue weighted by atomic mass is 10.1. The van der Waals surface area contributed by atoms with E-state index in [4.69, 9.17) is 9.47 Å². The summed E-state index contributed by atoms with van der Waals surface area (Å²) in [4.78, 5) is 15.7. The third kappa shape index (κ3) is 5.09. The molecule has 2 aromatic carbocycles. The number of sulfonamides is 1. The number of benzene rings is 2. The molecule has 33 heavy (non-hydrogen) atoms. The van der Waals surface area contributed by atoms with Crippen molar-refractivity contribution in [3.05, 3.63) is 41.5 Å². The summed E-state index contributed by atoms with van der Waals surface area (Å²) in [5.41, 5.74) is 2.44. The highest BCUT2D eigenvalue weighted by molar-refractivity contribution is 7.89. The van der Waals surface area contributed by atoms with Crippen molar-refractivity contribution in [1.82, 2.24) is 4.31 Å². The highest BCUT2D eigenvalue weighted by Gasteiger charge is 2.26. The number of carbonyl (C=O) groups is 1. The van der Waals surface area contributed by atoms with Crippen LogP contribution in [0.4, 0.5) is 11.4 Å². The molecule has 180 valence electrons. The van der Waals surface area contributed by atoms with Crippen LogP contribution in [-0.4, -0.2) is 59.0 Å². The SMILES string of the molecule is CCN(CC)S(=O)(=O)c1ccc(N2CCCC2)c(C(=O)Nc2cc(OC)c(OC)cc2C)c1. The van der Waals surface area contributed by atoms with E-state index in [9.17, 15) is 13.2 Å². The number of methoxy groups -OCH3 is 2. The monoisotopic (exact) mass is 475 g/mol. The van der Waals surface area contributed by atoms with E-state index in [1.54, 1.807) is 45.2 Å². The van der Waals surface area contributed by atoms with Crippen molar-refractivity contribution in [1.29, 1.82) is 0 Å². The minimum absolute atomic E-state index is 0.114. The van der Waals surface area contributed by atoms with Crippen LogP contribution in [0.1, 0.15) is 42.6 Å². The van der Waals surface area contributed by atoms with E-state index in [2.05, 4.69) is 10.2 Å². The maximum absolute atomic E-state index is 13.5. The topological polar surface area (TPSA) is 88.2 Å². The molecule has 1 amide bonds. The molecule has 8 nitrogen and oxygen atoms in total. The number of amides is 1. The number of carbonyl (C=O) groups excluding carboxylic acids is 1. The molecule has 0 aromatic heterocycles. The smallest absolute Gasteiger partial charge is 0.257 e. The van der Waals surface area contributed by atoms with Crippen LogP contribution in [0.15, 0.2) is 35.2 Å². The molecular weight excluding hydrogens is 442 g/mol. The lowest BCUT2D eigenvalue weighted by Gasteiger charge is -2.24. The van der Waals surface area contributed by atoms with Crippen LogP contribution in [0, 0.1) is 6.92 Å². The molecular formula is C24H33N3O5S. The minimum atomic E-state index is -3.70. The number of hydrogen-bond donors (Lipinski definition) is 1. The van der Waals surface area contributed by atoms with Gasteiger partial charge in [0.2, 0.25) is 10.0 Å². The van der Waals surface area contributed by atoms with E-state index >= 15 is 0 Å². The van der Waals surface area contributed by atoms with Gasteiger partial charge in [0.1, 0.15) is 0 Å². The van der Waals surface area contributed by atoms with E-state index in [-0.39, 0.29) is 10.8 Å². The zero-order chi connectivity index (χ0) is 24.2. The van der Waals surface area contributed by atoms with Gasteiger partial charge in [-0.25, -0.2) is 8.42 Å². The molecule has 9 heteroatoms. The van der Waals surface area contributed by atoms with E-state index in [0.717, 1.165) is 37.2 Å². The Hall–Kier alpha value is -2.78. The molecule has 3 rings (SSSR count). The zero-order valence-electron chi connectivity index (χ0n) is 20.0. The summed E-state index contributed by atoms with van der Waals surface area (Å²) in [6.45, 7) is 7.84. The number of nitrogens with zero attached hydrogens (tertiary/aromatic N) is 2. The van der Waals surface area contributed by atoms with Gasteiger partial charge in [0, 0.05) is 43.6 Å². The quantitative estimate of drug-likeness (QED) is 0.592. The lowest BCUT2D eigenvalue weighted by Crippen LogP contribution is -2.31. The van der Waals surface area contributed by atoms with Gasteiger partial charge < -0.3 is 19.7 Å². The van der Waals surface area contributed by atoms with Gasteiger partial charge in [0.15, 0.2) is 11.5 Å². The van der Waals surface area contributed by atoms with Crippen molar-refractivity contribution in [2.75, 3.05) is 50.6 Å². The number of nitrogens with one attached hydrogen (secondary N) is 1. The van der Waals surface area contributed by atoms with Crippen LogP contribution in [-0.2, 0) is 10.0 Å². The summed E-state index contributed by atoms with van der Waals surface area (Å²) >= 11 is 0. The van der Waals surface area contributed by atoms with Crippen LogP contribution < -0.4 is 19.7 Å². The summed E-state index contributed by atoms with van der Waals surface area (Å²) in [6.07, 6.45) is 2.07. The van der Waals surface area contributed by atoms with Crippen LogP contribution in [0.5, 0.6) is 11.5 Å². The van der Waals surface area contributed by atoms with Gasteiger partial charge in [-0.1, -0.05) is 13.8 Å². The minimum Gasteiger partial charge on any atom is -0.493 e. The number of rotatable bonds is 9. The van der Waals surface area contributed by atoms with Crippen molar-refractivity contribution in [3.8, 4) is 11.5 Å². The number of hydrogen-bond acceptors (Lipinski definition) is 6. The van der Waals surface area contributed by atoms with Crippen LogP contribution >= 0.6 is 0 Å². The van der Waals surface area contributed by atoms with Gasteiger partial charge in [0.25, 0.3) is 5.91 Å². The Kier molecular flexibility index (Phi) is 7.86. The molecule has 1 fully saturated rings. The highest BCUT2D eigenvalue weighted by Crippen LogP contribution is 2.34. The molecule has 0 radical (unpaired) electrons. The van der Waals surface area contributed by atoms with Gasteiger partial charge in [-0.15, -0.1) is 0 Å². The first-order chi connectivity index (χ1) is 15.8. The first-order valence-electron chi connectivity index (χ1n) is 11.2. The van der Waals surface area contributed by atoms with Crippen molar-refractivity contribution in [2.45, 2.75) is 38.5 Å². The summed E-state index contributed by atoms with van der Waals surface area (Å²) in [6, 6.07) is 8.33. The summed E-state index contributed by atoms with van der Waals surface area (Å²) < 4.78 is 38.3. The zero-order valence-corrected chi connectivity index (χ0v) is 20.8. The second kappa shape index (κ2) is 10.4. The second-order valence-corrected chi connectivity index (χ2v) is 9.88. The van der Waals surface area contributed by atoms with Gasteiger partial charge in [-0.05, 0) is 49.6 Å². The Bertz CT molecular complexity index is 1110. The predicted octanol–water partition coefficient (Wildman–Crippen LogP) is 3.90. The standard InChI is InChI=1S/C24H33N3O5S/c1-6-27(7-2)33(29,30)18-10-11-21(26-12-8-9-13-26)19(15-18)24(28)25-20-16-23(32-5)22(31-4)14-17(20)3/h10-11,14-16H,6-9,12-13H2,1-5H3,(H,25,28). The molecule has 1 heterocycles. The van der Waals surface area contributed by atoms with E-state index in [1.807, 2.05) is 6.92 Å². The first-order valence-corrected chi connectivity index (χ1v) is 12.6. The number of anilines is 2. The maximum Gasteiger partial charge on any atom is 0.257 e. The molecule has 1 N–H and O–H groups in total. The largest absolute Gasteiger partial charge is 0.493 e. The van der Waals surface area contributed by atoms with Crippen LogP contribution in [0.25, 0.3) is 0 Å². The van der Waals surface area contributed by atoms with Crippen molar-refractivity contribution in [2.24, 2.45) is 0 Å². The van der Waals surface area contributed by atoms with Crippen molar-refractivity contribution >= 4 is 27.3 Å². The normalized spacial score (nSPS) is 13.9. The Labute approximate surface area is 196 Å². The molecule has 1 saturated heterocycles. The number of ether oxygens (including phenoxy) is 2. The fourth-order valence-electron chi connectivity index (χ4n) is 4.11. The molecule has 1 aliphatic heterocycles. The van der Waals surface area contributed by atoms with Gasteiger partial charge >= 0.3 is 0 Å². The first kappa shape index (κ1) is 24.9. The maximum atomic E-state index is 13.5. The summed E-state index contributed by atoms with van der Waals surface area (Å²) in [5.74, 6) is 0.693. The second-order valence-electron chi connectivity index (χ2n) is 7.94. The fraction of sp³-hybridized carbons (Fsp3) is 0.458. The van der Waals surface area contributed by atoms with Gasteiger partial charge in [-0.3, -0.25) is 4.79 Å². The molecule has 0 saturated carbocycles. The molecule has 0 unspecified atom stereocenters. The third-order valence-corrected chi connectivity index (χ3v) is 8.03. The Balaban J connectivity index is 2.05. The van der Waals surface area contributed by atoms with E-state index in [1.165, 1.54) is 17.5 Å². The average molecular weight is 476 g/mol. The summed E-state index contributed by atoms with van der Waals surface area (Å²) in [7, 11) is -0.611. The highest BCUT2D eigenvalue weighted by atomic mass is 32.2. The molecule has 1 aliphatic rings. The third-order valence-electron chi connectivity index (χ3n) is 5.98. The van der Waals surface area contributed by atoms with E-state index in [0.29, 0.717) is 35.8 Å². The fourth-order valence-corrected chi connectivity index (χ4v) is 5.59. The van der Waals surface area contributed by atoms with Crippen molar-refractivity contribution < 1.29 is 22.7 Å². The average Bonchev–Trinajstić information content (AvgIpc) is 3.35. The van der Waals surface area contributed by atoms with Gasteiger partial charge in [-0.2, -0.15) is 4.31 Å². The lowest BCUT2D eigenvalue weighted by molar-refractivity contribution is 0.102. The molecule has 0 atom stereocenters. The van der Waals surface area contributed by atoms with Gasteiger partial charge in [0.05, 0.1) is 24.7 Å². The van der Waals surface area contributed by atoms with E-state index < -0.39 is 10.0 Å². The summed E-state index contributed by atoms with van der Waals surface area (Å²) in [5, 5.41) is 2.94. The Morgan fingerprint density at radius 3 is 2.21 bits per heavy atom. The number of aryl methyl sites for hydroxylation is 1. The Morgan fingerprint density at radius 1 is 1.03 bits per heavy atom. The molecule has 0 spiro atoms. The molecule has 2 aromatic rings. The van der Waals surface area contributed by atoms with Crippen LogP contribution in [0.3, 0.4) is 0 Å². The van der Waals surface area contributed by atoms with Crippen LogP contribution in [0.2, 0.25) is 0 Å². The van der Waals surface area contributed by atoms with Crippen molar-refractivity contribution in [3.63, 3.8) is 0 Å². The molecule has 0 bridgehead atoms. The predicted molar refractivity (Wildman–Crippen MR) is 130 cm³/mol. The Morgan fingerprint density at radius 2 is 1.64 bits per heavy atom. The molecule has 0 aliphatic carbocycles.